The van der Waals surface area contributed by atoms with Crippen molar-refractivity contribution in [2.45, 2.75) is 16.2 Å². The molecule has 0 fully saturated rings. The number of nitrogens with zero attached hydrogens (tertiary/aromatic N) is 1. The lowest BCUT2D eigenvalue weighted by atomic mass is 9.67. The van der Waals surface area contributed by atoms with Gasteiger partial charge in [0, 0.05) is 17.1 Å². The van der Waals surface area contributed by atoms with Gasteiger partial charge in [0.05, 0.1) is 16.2 Å². The lowest BCUT2D eigenvalue weighted by Crippen LogP contribution is -2.28. The molecule has 3 aliphatic carbocycles. The van der Waals surface area contributed by atoms with E-state index in [0.29, 0.717) is 0 Å². The maximum absolute atomic E-state index is 2.39. The summed E-state index contributed by atoms with van der Waals surface area (Å²) in [6.45, 7) is 0. The van der Waals surface area contributed by atoms with Crippen LogP contribution in [-0.2, 0) is 16.2 Å². The van der Waals surface area contributed by atoms with Gasteiger partial charge in [-0.3, -0.25) is 0 Å². The summed E-state index contributed by atoms with van der Waals surface area (Å²) in [5, 5.41) is 0. The number of anilines is 3. The summed E-state index contributed by atoms with van der Waals surface area (Å²) in [4.78, 5) is 2.39. The van der Waals surface area contributed by atoms with Crippen molar-refractivity contribution in [3.63, 3.8) is 0 Å². The Morgan fingerprint density at radius 3 is 0.500 bits per heavy atom. The fourth-order valence-corrected chi connectivity index (χ4v) is 16.7. The average molecular weight is 1190 g/mol. The number of fused-ring (bicyclic) bond motifs is 9. The summed E-state index contributed by atoms with van der Waals surface area (Å²) in [5.41, 5.74) is 32.1. The zero-order chi connectivity index (χ0) is 62.2. The highest BCUT2D eigenvalue weighted by molar-refractivity contribution is 5.90. The Labute approximate surface area is 550 Å². The lowest BCUT2D eigenvalue weighted by Gasteiger charge is -2.34. The minimum atomic E-state index is -0.448. The van der Waals surface area contributed by atoms with Crippen LogP contribution in [0.4, 0.5) is 17.1 Å². The van der Waals surface area contributed by atoms with Gasteiger partial charge in [-0.25, -0.2) is 0 Å². The molecule has 18 rings (SSSR count). The summed E-state index contributed by atoms with van der Waals surface area (Å²) in [6, 6.07) is 142. The molecule has 0 bridgehead atoms. The Morgan fingerprint density at radius 1 is 0.138 bits per heavy atom. The van der Waals surface area contributed by atoms with Crippen molar-refractivity contribution in [1.82, 2.24) is 0 Å². The van der Waals surface area contributed by atoms with E-state index in [0.717, 1.165) is 33.8 Å². The highest BCUT2D eigenvalue weighted by Gasteiger charge is 2.48. The van der Waals surface area contributed by atoms with Crippen molar-refractivity contribution in [3.8, 4) is 66.8 Å². The maximum atomic E-state index is 2.39. The summed E-state index contributed by atoms with van der Waals surface area (Å²) < 4.78 is 0. The van der Waals surface area contributed by atoms with Crippen molar-refractivity contribution >= 4 is 17.1 Å². The third-order valence-electron chi connectivity index (χ3n) is 20.8. The second-order valence-corrected chi connectivity index (χ2v) is 25.3. The number of hydrogen-bond donors (Lipinski definition) is 0. The smallest absolute Gasteiger partial charge is 0.0713 e. The van der Waals surface area contributed by atoms with Gasteiger partial charge in [-0.1, -0.05) is 346 Å². The molecule has 0 aromatic heterocycles. The predicted octanol–water partition coefficient (Wildman–Crippen LogP) is 23.2. The van der Waals surface area contributed by atoms with Gasteiger partial charge in [0.1, 0.15) is 0 Å². The van der Waals surface area contributed by atoms with E-state index in [-0.39, 0.29) is 0 Å². The first-order chi connectivity index (χ1) is 46.6. The van der Waals surface area contributed by atoms with Crippen LogP contribution in [-0.4, -0.2) is 0 Å². The Kier molecular flexibility index (Phi) is 13.0. The van der Waals surface area contributed by atoms with Crippen LogP contribution < -0.4 is 4.90 Å². The zero-order valence-electron chi connectivity index (χ0n) is 51.8. The standard InChI is InChI=1S/C93H63N/c1-4-22-70(23-5-1)91(85-34-16-10-28-79(85)80-29-11-17-35-86(80)91)73-52-40-64(41-53-73)67-46-58-76(59-47-67)94(77-60-48-68(49-61-77)65-42-54-74(55-43-65)92(71-24-6-2-7-25-71)87-36-18-12-30-81(87)82-31-13-19-37-88(82)92)78-62-50-69(51-63-78)66-44-56-75(57-45-66)93(72-26-8-3-9-27-72)89-38-20-14-32-83(89)84-33-15-21-39-90(84)93/h1-63H. The molecule has 0 unspecified atom stereocenters. The summed E-state index contributed by atoms with van der Waals surface area (Å²) in [5.74, 6) is 0. The quantitative estimate of drug-likeness (QED) is 0.118. The molecule has 15 aromatic rings. The number of hydrogen-bond acceptors (Lipinski definition) is 1. The molecule has 0 radical (unpaired) electrons. The van der Waals surface area contributed by atoms with E-state index in [9.17, 15) is 0 Å². The SMILES string of the molecule is c1ccc(C2(c3ccc(-c4ccc(N(c5ccc(-c6ccc(C7(c8ccccc8)c8ccccc8-c8ccccc87)cc6)cc5)c5ccc(-c6ccc(C7(c8ccccc8)c8ccccc8-c8ccccc87)cc6)cc5)cc4)cc3)c3ccccc3-c3ccccc32)cc1. The lowest BCUT2D eigenvalue weighted by molar-refractivity contribution is 0.768. The second-order valence-electron chi connectivity index (χ2n) is 25.3. The van der Waals surface area contributed by atoms with Crippen molar-refractivity contribution in [2.75, 3.05) is 4.90 Å². The first-order valence-electron chi connectivity index (χ1n) is 32.8. The normalized spacial score (nSPS) is 13.8. The van der Waals surface area contributed by atoms with Gasteiger partial charge in [0.25, 0.3) is 0 Å². The van der Waals surface area contributed by atoms with Crippen LogP contribution in [0.15, 0.2) is 382 Å². The molecule has 15 aromatic carbocycles. The van der Waals surface area contributed by atoms with Crippen LogP contribution in [0.25, 0.3) is 66.8 Å². The van der Waals surface area contributed by atoms with Gasteiger partial charge in [-0.05, 0) is 170 Å². The highest BCUT2D eigenvalue weighted by atomic mass is 15.1. The predicted molar refractivity (Wildman–Crippen MR) is 389 cm³/mol. The molecule has 440 valence electrons. The molecule has 0 spiro atoms. The molecule has 94 heavy (non-hydrogen) atoms. The van der Waals surface area contributed by atoms with E-state index in [1.807, 2.05) is 0 Å². The second kappa shape index (κ2) is 22.2. The van der Waals surface area contributed by atoms with Crippen LogP contribution in [0.1, 0.15) is 66.8 Å². The minimum absolute atomic E-state index is 0.448. The molecule has 1 heteroatoms. The van der Waals surface area contributed by atoms with Crippen LogP contribution in [0, 0.1) is 0 Å². The fourth-order valence-electron chi connectivity index (χ4n) is 16.7. The molecular weight excluding hydrogens is 1130 g/mol. The Bertz CT molecular complexity index is 4630. The van der Waals surface area contributed by atoms with E-state index in [4.69, 9.17) is 0 Å². The van der Waals surface area contributed by atoms with E-state index in [1.165, 1.54) is 117 Å². The van der Waals surface area contributed by atoms with Crippen LogP contribution in [0.5, 0.6) is 0 Å². The van der Waals surface area contributed by atoms with Crippen molar-refractivity contribution in [1.29, 1.82) is 0 Å². The van der Waals surface area contributed by atoms with Gasteiger partial charge in [-0.15, -0.1) is 0 Å². The molecule has 0 atom stereocenters. The van der Waals surface area contributed by atoms with E-state index in [1.54, 1.807) is 0 Å². The first-order valence-corrected chi connectivity index (χ1v) is 32.8. The number of benzene rings is 15. The molecule has 3 aliphatic rings. The highest BCUT2D eigenvalue weighted by Crippen LogP contribution is 2.59. The zero-order valence-corrected chi connectivity index (χ0v) is 51.8. The molecule has 0 amide bonds. The Balaban J connectivity index is 0.701. The van der Waals surface area contributed by atoms with Crippen molar-refractivity contribution in [3.05, 3.63) is 449 Å². The summed E-state index contributed by atoms with van der Waals surface area (Å²) in [6.07, 6.45) is 0. The molecule has 1 nitrogen and oxygen atoms in total. The molecular formula is C93H63N. The van der Waals surface area contributed by atoms with E-state index >= 15 is 0 Å². The first kappa shape index (κ1) is 55.0. The number of rotatable bonds is 12. The van der Waals surface area contributed by atoms with Gasteiger partial charge >= 0.3 is 0 Å². The molecule has 0 N–H and O–H groups in total. The largest absolute Gasteiger partial charge is 0.311 e. The Hall–Kier alpha value is -11.9. The van der Waals surface area contributed by atoms with Gasteiger partial charge in [0.15, 0.2) is 0 Å². The topological polar surface area (TPSA) is 3.24 Å². The third kappa shape index (κ3) is 8.27. The van der Waals surface area contributed by atoms with Crippen LogP contribution in [0.2, 0.25) is 0 Å². The van der Waals surface area contributed by atoms with E-state index in [2.05, 4.69) is 387 Å². The summed E-state index contributed by atoms with van der Waals surface area (Å²) in [7, 11) is 0. The molecule has 0 saturated heterocycles. The molecule has 0 saturated carbocycles. The molecule has 0 aliphatic heterocycles. The average Bonchev–Trinajstić information content (AvgIpc) is 1.63. The minimum Gasteiger partial charge on any atom is -0.311 e. The van der Waals surface area contributed by atoms with Crippen LogP contribution in [0.3, 0.4) is 0 Å². The molecule has 0 heterocycles. The Morgan fingerprint density at radius 2 is 0.298 bits per heavy atom. The van der Waals surface area contributed by atoms with Gasteiger partial charge < -0.3 is 4.90 Å². The summed E-state index contributed by atoms with van der Waals surface area (Å²) >= 11 is 0. The van der Waals surface area contributed by atoms with Gasteiger partial charge in [-0.2, -0.15) is 0 Å². The van der Waals surface area contributed by atoms with Crippen molar-refractivity contribution in [2.24, 2.45) is 0 Å². The third-order valence-corrected chi connectivity index (χ3v) is 20.8. The maximum Gasteiger partial charge on any atom is 0.0713 e. The monoisotopic (exact) mass is 1190 g/mol. The van der Waals surface area contributed by atoms with Gasteiger partial charge in [0.2, 0.25) is 0 Å². The van der Waals surface area contributed by atoms with E-state index < -0.39 is 16.2 Å². The van der Waals surface area contributed by atoms with Crippen LogP contribution >= 0.6 is 0 Å². The fraction of sp³-hybridized carbons (Fsp3) is 0.0323. The van der Waals surface area contributed by atoms with Crippen molar-refractivity contribution < 1.29 is 0 Å².